The van der Waals surface area contributed by atoms with Crippen molar-refractivity contribution < 1.29 is 19.1 Å². The van der Waals surface area contributed by atoms with Gasteiger partial charge in [0, 0.05) is 18.7 Å². The maximum Gasteiger partial charge on any atom is 0.261 e. The minimum absolute atomic E-state index is 0.100. The molecule has 0 aliphatic rings. The lowest BCUT2D eigenvalue weighted by atomic mass is 10.1. The number of thiophene rings is 1. The molecule has 0 radical (unpaired) electrons. The smallest absolute Gasteiger partial charge is 0.261 e. The van der Waals surface area contributed by atoms with E-state index in [1.807, 2.05) is 35.7 Å². The van der Waals surface area contributed by atoms with Gasteiger partial charge in [0.15, 0.2) is 11.5 Å². The predicted octanol–water partition coefficient (Wildman–Crippen LogP) is 3.63. The van der Waals surface area contributed by atoms with Crippen LogP contribution in [0.3, 0.4) is 0 Å². The number of carbonyl (C=O) groups is 2. The Balaban J connectivity index is 1.53. The van der Waals surface area contributed by atoms with Gasteiger partial charge in [-0.1, -0.05) is 24.3 Å². The summed E-state index contributed by atoms with van der Waals surface area (Å²) in [4.78, 5) is 25.0. The fourth-order valence-electron chi connectivity index (χ4n) is 2.73. The third kappa shape index (κ3) is 5.36. The van der Waals surface area contributed by atoms with Crippen LogP contribution < -0.4 is 20.1 Å². The summed E-state index contributed by atoms with van der Waals surface area (Å²) in [5, 5.41) is 7.62. The molecule has 7 heteroatoms. The second-order valence-electron chi connectivity index (χ2n) is 6.23. The summed E-state index contributed by atoms with van der Waals surface area (Å²) in [5.41, 5.74) is 2.38. The van der Waals surface area contributed by atoms with E-state index in [1.54, 1.807) is 38.5 Å². The highest BCUT2D eigenvalue weighted by Gasteiger charge is 2.09. The minimum atomic E-state index is -0.172. The van der Waals surface area contributed by atoms with Crippen molar-refractivity contribution in [3.8, 4) is 11.5 Å². The Hall–Kier alpha value is -3.32. The molecule has 0 saturated carbocycles. The lowest BCUT2D eigenvalue weighted by Crippen LogP contribution is -2.23. The summed E-state index contributed by atoms with van der Waals surface area (Å²) >= 11 is 1.40. The average Bonchev–Trinajstić information content (AvgIpc) is 3.31. The molecule has 0 saturated heterocycles. The van der Waals surface area contributed by atoms with Crippen molar-refractivity contribution in [1.82, 2.24) is 10.6 Å². The first kappa shape index (κ1) is 20.4. The number of hydrogen-bond acceptors (Lipinski definition) is 5. The average molecular weight is 410 g/mol. The van der Waals surface area contributed by atoms with Crippen LogP contribution in [0.2, 0.25) is 0 Å². The fourth-order valence-corrected chi connectivity index (χ4v) is 3.37. The minimum Gasteiger partial charge on any atom is -0.493 e. The number of rotatable bonds is 8. The maximum absolute atomic E-state index is 12.4. The second kappa shape index (κ2) is 9.75. The molecule has 2 N–H and O–H groups in total. The Kier molecular flexibility index (Phi) is 6.86. The highest BCUT2D eigenvalue weighted by atomic mass is 32.1. The van der Waals surface area contributed by atoms with E-state index >= 15 is 0 Å². The van der Waals surface area contributed by atoms with Crippen LogP contribution in [0.1, 0.15) is 31.2 Å². The quantitative estimate of drug-likeness (QED) is 0.595. The van der Waals surface area contributed by atoms with Gasteiger partial charge in [-0.05, 0) is 46.8 Å². The Bertz CT molecular complexity index is 969. The molecule has 150 valence electrons. The van der Waals surface area contributed by atoms with Crippen LogP contribution >= 0.6 is 11.3 Å². The topological polar surface area (TPSA) is 76.7 Å². The monoisotopic (exact) mass is 410 g/mol. The third-order valence-electron chi connectivity index (χ3n) is 4.32. The van der Waals surface area contributed by atoms with Crippen molar-refractivity contribution in [1.29, 1.82) is 0 Å². The second-order valence-corrected chi connectivity index (χ2v) is 7.18. The predicted molar refractivity (Wildman–Crippen MR) is 113 cm³/mol. The lowest BCUT2D eigenvalue weighted by molar-refractivity contribution is 0.0943. The molecule has 1 heterocycles. The molecule has 3 aromatic rings. The third-order valence-corrected chi connectivity index (χ3v) is 5.18. The zero-order valence-corrected chi connectivity index (χ0v) is 17.0. The molecule has 0 aliphatic heterocycles. The molecule has 2 amide bonds. The molecule has 0 atom stereocenters. The first-order valence-corrected chi connectivity index (χ1v) is 9.88. The highest BCUT2D eigenvalue weighted by molar-refractivity contribution is 7.12. The van der Waals surface area contributed by atoms with Crippen molar-refractivity contribution in [2.75, 3.05) is 14.2 Å². The summed E-state index contributed by atoms with van der Waals surface area (Å²) < 4.78 is 10.5. The summed E-state index contributed by atoms with van der Waals surface area (Å²) in [5.74, 6) is 0.989. The van der Waals surface area contributed by atoms with Gasteiger partial charge < -0.3 is 20.1 Å². The highest BCUT2D eigenvalue weighted by Crippen LogP contribution is 2.27. The molecule has 0 fully saturated rings. The van der Waals surface area contributed by atoms with Crippen molar-refractivity contribution in [2.45, 2.75) is 13.1 Å². The van der Waals surface area contributed by atoms with Gasteiger partial charge in [0.25, 0.3) is 11.8 Å². The Morgan fingerprint density at radius 1 is 0.828 bits per heavy atom. The molecular weight excluding hydrogens is 388 g/mol. The van der Waals surface area contributed by atoms with Crippen molar-refractivity contribution in [3.63, 3.8) is 0 Å². The van der Waals surface area contributed by atoms with Crippen molar-refractivity contribution >= 4 is 23.2 Å². The first-order valence-electron chi connectivity index (χ1n) is 9.00. The van der Waals surface area contributed by atoms with Crippen molar-refractivity contribution in [3.05, 3.63) is 81.5 Å². The Morgan fingerprint density at radius 3 is 2.14 bits per heavy atom. The van der Waals surface area contributed by atoms with Gasteiger partial charge in [0.05, 0.1) is 19.1 Å². The van der Waals surface area contributed by atoms with Crippen LogP contribution in [0, 0.1) is 0 Å². The van der Waals surface area contributed by atoms with Crippen LogP contribution in [0.25, 0.3) is 0 Å². The van der Waals surface area contributed by atoms with E-state index in [9.17, 15) is 9.59 Å². The number of nitrogens with one attached hydrogen (secondary N) is 2. The fraction of sp³-hybridized carbons (Fsp3) is 0.182. The van der Waals surface area contributed by atoms with Gasteiger partial charge in [-0.15, -0.1) is 11.3 Å². The SMILES string of the molecule is COc1ccc(CNC(=O)c2ccc(CNC(=O)c3cccs3)cc2)cc1OC. The van der Waals surface area contributed by atoms with Gasteiger partial charge >= 0.3 is 0 Å². The molecule has 1 aromatic heterocycles. The molecule has 0 unspecified atom stereocenters. The van der Waals surface area contributed by atoms with Gasteiger partial charge in [-0.2, -0.15) is 0 Å². The van der Waals surface area contributed by atoms with Gasteiger partial charge in [-0.25, -0.2) is 0 Å². The number of methoxy groups -OCH3 is 2. The van der Waals surface area contributed by atoms with E-state index in [1.165, 1.54) is 11.3 Å². The molecule has 0 spiro atoms. The van der Waals surface area contributed by atoms with E-state index in [4.69, 9.17) is 9.47 Å². The molecule has 0 bridgehead atoms. The Labute approximate surface area is 173 Å². The summed E-state index contributed by atoms with van der Waals surface area (Å²) in [6.07, 6.45) is 0. The largest absolute Gasteiger partial charge is 0.493 e. The van der Waals surface area contributed by atoms with Gasteiger partial charge in [0.2, 0.25) is 0 Å². The zero-order valence-electron chi connectivity index (χ0n) is 16.2. The van der Waals surface area contributed by atoms with Crippen LogP contribution in [0.15, 0.2) is 60.0 Å². The molecule has 3 rings (SSSR count). The molecule has 29 heavy (non-hydrogen) atoms. The molecule has 0 aliphatic carbocycles. The van der Waals surface area contributed by atoms with Crippen LogP contribution in [-0.2, 0) is 13.1 Å². The molecular formula is C22H22N2O4S. The van der Waals surface area contributed by atoms with Crippen LogP contribution in [0.4, 0.5) is 0 Å². The zero-order chi connectivity index (χ0) is 20.6. The van der Waals surface area contributed by atoms with E-state index in [2.05, 4.69) is 10.6 Å². The number of amides is 2. The van der Waals surface area contributed by atoms with Crippen molar-refractivity contribution in [2.24, 2.45) is 0 Å². The standard InChI is InChI=1S/C22H22N2O4S/c1-27-18-10-7-16(12-19(18)28-2)14-23-21(25)17-8-5-15(6-9-17)13-24-22(26)20-4-3-11-29-20/h3-12H,13-14H2,1-2H3,(H,23,25)(H,24,26). The number of benzene rings is 2. The summed E-state index contributed by atoms with van der Waals surface area (Å²) in [7, 11) is 3.15. The van der Waals surface area contributed by atoms with E-state index in [-0.39, 0.29) is 11.8 Å². The summed E-state index contributed by atoms with van der Waals surface area (Å²) in [6.45, 7) is 0.780. The molecule has 6 nitrogen and oxygen atoms in total. The first-order chi connectivity index (χ1) is 14.1. The molecule has 2 aromatic carbocycles. The normalized spacial score (nSPS) is 10.3. The van der Waals surface area contributed by atoms with Crippen LogP contribution in [-0.4, -0.2) is 26.0 Å². The maximum atomic E-state index is 12.4. The Morgan fingerprint density at radius 2 is 1.48 bits per heavy atom. The van der Waals surface area contributed by atoms with E-state index in [0.717, 1.165) is 11.1 Å². The van der Waals surface area contributed by atoms with Gasteiger partial charge in [-0.3, -0.25) is 9.59 Å². The van der Waals surface area contributed by atoms with E-state index < -0.39 is 0 Å². The van der Waals surface area contributed by atoms with Gasteiger partial charge in [0.1, 0.15) is 0 Å². The van der Waals surface area contributed by atoms with E-state index in [0.29, 0.717) is 35.0 Å². The summed E-state index contributed by atoms with van der Waals surface area (Å²) in [6, 6.07) is 16.3. The number of ether oxygens (including phenoxy) is 2. The lowest BCUT2D eigenvalue weighted by Gasteiger charge is -2.11. The number of carbonyl (C=O) groups excluding carboxylic acids is 2. The van der Waals surface area contributed by atoms with Crippen LogP contribution in [0.5, 0.6) is 11.5 Å². The number of hydrogen-bond donors (Lipinski definition) is 2.